The smallest absolute Gasteiger partial charge is 0.449 e. The summed E-state index contributed by atoms with van der Waals surface area (Å²) in [6.45, 7) is 5.99. The molecule has 1 aliphatic heterocycles. The maximum absolute atomic E-state index is 10.9. The van der Waals surface area contributed by atoms with Crippen molar-refractivity contribution in [3.8, 4) is 5.88 Å². The number of nitrogens with zero attached hydrogens (tertiary/aromatic N) is 2. The van der Waals surface area contributed by atoms with Crippen molar-refractivity contribution in [3.63, 3.8) is 0 Å². The molecule has 7 heteroatoms. The number of aryl methyl sites for hydroxylation is 1. The van der Waals surface area contributed by atoms with E-state index in [1.54, 1.807) is 6.20 Å². The molecule has 0 aliphatic carbocycles. The van der Waals surface area contributed by atoms with Gasteiger partial charge in [-0.1, -0.05) is 12.1 Å². The third-order valence-electron chi connectivity index (χ3n) is 4.63. The molecular weight excluding hydrogens is 322 g/mol. The third kappa shape index (κ3) is 2.92. The average molecular weight is 341 g/mol. The largest absolute Gasteiger partial charge is 0.512 e. The van der Waals surface area contributed by atoms with Gasteiger partial charge in [0.2, 0.25) is 5.88 Å². The molecule has 4 rings (SSSR count). The highest BCUT2D eigenvalue weighted by atomic mass is 16.7. The zero-order valence-corrected chi connectivity index (χ0v) is 13.9. The fourth-order valence-corrected chi connectivity index (χ4v) is 3.47. The lowest BCUT2D eigenvalue weighted by Crippen LogP contribution is -2.35. The number of hydrogen-bond acceptors (Lipinski definition) is 5. The molecule has 2 aromatic heterocycles. The zero-order valence-electron chi connectivity index (χ0n) is 13.9. The lowest BCUT2D eigenvalue weighted by molar-refractivity contribution is 0.0344. The number of rotatable bonds is 3. The Morgan fingerprint density at radius 2 is 2.12 bits per heavy atom. The normalized spacial score (nSPS) is 15.7. The second-order valence-electron chi connectivity index (χ2n) is 6.20. The van der Waals surface area contributed by atoms with E-state index in [1.807, 2.05) is 19.1 Å². The Kier molecular flexibility index (Phi) is 4.03. The molecule has 3 aromatic rings. The lowest BCUT2D eigenvalue weighted by Gasteiger charge is -2.26. The molecule has 1 fully saturated rings. The van der Waals surface area contributed by atoms with Crippen LogP contribution >= 0.6 is 0 Å². The summed E-state index contributed by atoms with van der Waals surface area (Å²) < 4.78 is 10.2. The molecule has 3 heterocycles. The summed E-state index contributed by atoms with van der Waals surface area (Å²) in [4.78, 5) is 20.8. The molecule has 130 valence electrons. The van der Waals surface area contributed by atoms with Gasteiger partial charge in [0.15, 0.2) is 0 Å². The standard InChI is InChI=1S/C18H19N3O4/c1-11-15-14(9-19-17(11)25-18(22)23)20-13-4-2-3-12(16(13)15)10-21-5-7-24-8-6-21/h2-4,9,20H,5-8,10H2,1H3,(H,22,23). The Labute approximate surface area is 144 Å². The molecule has 0 unspecified atom stereocenters. The number of morpholine rings is 1. The Morgan fingerprint density at radius 3 is 2.88 bits per heavy atom. The monoisotopic (exact) mass is 341 g/mol. The van der Waals surface area contributed by atoms with Crippen LogP contribution in [0.5, 0.6) is 5.88 Å². The van der Waals surface area contributed by atoms with E-state index in [2.05, 4.69) is 20.9 Å². The van der Waals surface area contributed by atoms with Crippen LogP contribution in [0.1, 0.15) is 11.1 Å². The van der Waals surface area contributed by atoms with Crippen LogP contribution in [0, 0.1) is 6.92 Å². The summed E-state index contributed by atoms with van der Waals surface area (Å²) in [5.41, 5.74) is 3.81. The molecule has 0 radical (unpaired) electrons. The second kappa shape index (κ2) is 6.34. The number of pyridine rings is 1. The number of carbonyl (C=O) groups is 1. The Balaban J connectivity index is 1.85. The van der Waals surface area contributed by atoms with E-state index < -0.39 is 6.16 Å². The van der Waals surface area contributed by atoms with Crippen molar-refractivity contribution in [3.05, 3.63) is 35.5 Å². The van der Waals surface area contributed by atoms with Crippen LogP contribution in [0.25, 0.3) is 21.8 Å². The molecule has 1 aliphatic rings. The average Bonchev–Trinajstić information content (AvgIpc) is 2.98. The minimum absolute atomic E-state index is 0.127. The van der Waals surface area contributed by atoms with Crippen LogP contribution in [0.3, 0.4) is 0 Å². The highest BCUT2D eigenvalue weighted by Crippen LogP contribution is 2.34. The Morgan fingerprint density at radius 1 is 1.32 bits per heavy atom. The predicted molar refractivity (Wildman–Crippen MR) is 93.1 cm³/mol. The number of benzene rings is 1. The van der Waals surface area contributed by atoms with Gasteiger partial charge in [-0.3, -0.25) is 4.90 Å². The van der Waals surface area contributed by atoms with Crippen LogP contribution in [-0.4, -0.2) is 52.4 Å². The number of fused-ring (bicyclic) bond motifs is 3. The van der Waals surface area contributed by atoms with Crippen molar-refractivity contribution in [1.29, 1.82) is 0 Å². The first-order valence-corrected chi connectivity index (χ1v) is 8.23. The fraction of sp³-hybridized carbons (Fsp3) is 0.333. The van der Waals surface area contributed by atoms with Gasteiger partial charge in [0, 0.05) is 41.5 Å². The van der Waals surface area contributed by atoms with Gasteiger partial charge < -0.3 is 19.6 Å². The number of nitrogens with one attached hydrogen (secondary N) is 1. The van der Waals surface area contributed by atoms with Gasteiger partial charge in [0.25, 0.3) is 0 Å². The number of H-pyrrole nitrogens is 1. The quantitative estimate of drug-likeness (QED) is 0.712. The third-order valence-corrected chi connectivity index (χ3v) is 4.63. The molecule has 2 N–H and O–H groups in total. The van der Waals surface area contributed by atoms with Gasteiger partial charge in [-0.05, 0) is 18.6 Å². The summed E-state index contributed by atoms with van der Waals surface area (Å²) in [6.07, 6.45) is 0.266. The van der Waals surface area contributed by atoms with Crippen molar-refractivity contribution in [1.82, 2.24) is 14.9 Å². The number of ether oxygens (including phenoxy) is 2. The van der Waals surface area contributed by atoms with Crippen LogP contribution in [0.4, 0.5) is 4.79 Å². The first kappa shape index (κ1) is 15.9. The summed E-state index contributed by atoms with van der Waals surface area (Å²) in [7, 11) is 0. The summed E-state index contributed by atoms with van der Waals surface area (Å²) in [5.74, 6) is 0.127. The van der Waals surface area contributed by atoms with Crippen LogP contribution in [0.15, 0.2) is 24.4 Å². The number of carboxylic acid groups (broad SMARTS) is 1. The van der Waals surface area contributed by atoms with E-state index in [-0.39, 0.29) is 5.88 Å². The molecule has 7 nitrogen and oxygen atoms in total. The lowest BCUT2D eigenvalue weighted by atomic mass is 10.0. The van der Waals surface area contributed by atoms with Gasteiger partial charge in [0.05, 0.1) is 24.9 Å². The van der Waals surface area contributed by atoms with Crippen molar-refractivity contribution < 1.29 is 19.4 Å². The molecular formula is C18H19N3O4. The number of aromatic amines is 1. The SMILES string of the molecule is Cc1c(OC(=O)O)ncc2[nH]c3cccc(CN4CCOCC4)c3c12. The minimum Gasteiger partial charge on any atom is -0.449 e. The molecule has 0 saturated carbocycles. The second-order valence-corrected chi connectivity index (χ2v) is 6.20. The molecule has 0 amide bonds. The van der Waals surface area contributed by atoms with E-state index >= 15 is 0 Å². The highest BCUT2D eigenvalue weighted by Gasteiger charge is 2.18. The zero-order chi connectivity index (χ0) is 17.4. The summed E-state index contributed by atoms with van der Waals surface area (Å²) in [5, 5.41) is 11.0. The van der Waals surface area contributed by atoms with Gasteiger partial charge in [-0.2, -0.15) is 0 Å². The van der Waals surface area contributed by atoms with Crippen LogP contribution in [0.2, 0.25) is 0 Å². The molecule has 1 aromatic carbocycles. The fourth-order valence-electron chi connectivity index (χ4n) is 3.47. The molecule has 0 atom stereocenters. The van der Waals surface area contributed by atoms with E-state index in [0.29, 0.717) is 0 Å². The maximum Gasteiger partial charge on any atom is 0.512 e. The van der Waals surface area contributed by atoms with Crippen molar-refractivity contribution in [2.75, 3.05) is 26.3 Å². The van der Waals surface area contributed by atoms with E-state index in [9.17, 15) is 4.79 Å². The van der Waals surface area contributed by atoms with Gasteiger partial charge >= 0.3 is 6.16 Å². The number of aromatic nitrogens is 2. The van der Waals surface area contributed by atoms with Gasteiger partial charge in [-0.25, -0.2) is 9.78 Å². The molecule has 25 heavy (non-hydrogen) atoms. The molecule has 0 spiro atoms. The molecule has 1 saturated heterocycles. The van der Waals surface area contributed by atoms with Crippen molar-refractivity contribution in [2.24, 2.45) is 0 Å². The van der Waals surface area contributed by atoms with Gasteiger partial charge in [-0.15, -0.1) is 0 Å². The maximum atomic E-state index is 10.9. The van der Waals surface area contributed by atoms with Crippen molar-refractivity contribution >= 4 is 28.0 Å². The van der Waals surface area contributed by atoms with E-state index in [1.165, 1.54) is 5.56 Å². The topological polar surface area (TPSA) is 87.7 Å². The Hall–Kier alpha value is -2.64. The first-order chi connectivity index (χ1) is 12.1. The Bertz CT molecular complexity index is 944. The minimum atomic E-state index is -1.36. The van der Waals surface area contributed by atoms with Gasteiger partial charge in [0.1, 0.15) is 0 Å². The van der Waals surface area contributed by atoms with Crippen molar-refractivity contribution in [2.45, 2.75) is 13.5 Å². The van der Waals surface area contributed by atoms with E-state index in [0.717, 1.165) is 60.2 Å². The van der Waals surface area contributed by atoms with E-state index in [4.69, 9.17) is 14.6 Å². The predicted octanol–water partition coefficient (Wildman–Crippen LogP) is 2.91. The summed E-state index contributed by atoms with van der Waals surface area (Å²) in [6, 6.07) is 6.17. The first-order valence-electron chi connectivity index (χ1n) is 8.23. The molecule has 0 bridgehead atoms. The number of hydrogen-bond donors (Lipinski definition) is 2. The highest BCUT2D eigenvalue weighted by molar-refractivity contribution is 6.10. The van der Waals surface area contributed by atoms with Crippen LogP contribution < -0.4 is 4.74 Å². The van der Waals surface area contributed by atoms with Crippen LogP contribution in [-0.2, 0) is 11.3 Å². The summed E-state index contributed by atoms with van der Waals surface area (Å²) >= 11 is 0.